The Bertz CT molecular complexity index is 623. The van der Waals surface area contributed by atoms with Gasteiger partial charge in [-0.3, -0.25) is 0 Å². The summed E-state index contributed by atoms with van der Waals surface area (Å²) < 4.78 is 8.69. The molecule has 0 radical (unpaired) electrons. The highest BCUT2D eigenvalue weighted by Crippen LogP contribution is 2.44. The van der Waals surface area contributed by atoms with Crippen LogP contribution in [0.25, 0.3) is 11.0 Å². The van der Waals surface area contributed by atoms with Crippen molar-refractivity contribution >= 4 is 40.0 Å². The molecule has 0 spiro atoms. The third kappa shape index (κ3) is 2.40. The van der Waals surface area contributed by atoms with E-state index < -0.39 is 0 Å². The molecule has 1 N–H and O–H groups in total. The normalized spacial score (nSPS) is 26.9. The smallest absolute Gasteiger partial charge is 0.129 e. The molecular weight excluding hydrogens is 290 g/mol. The van der Waals surface area contributed by atoms with Crippen LogP contribution in [0, 0.1) is 11.8 Å². The molecule has 2 saturated carbocycles. The number of halogens is 1. The van der Waals surface area contributed by atoms with Crippen molar-refractivity contribution in [2.24, 2.45) is 11.8 Å². The van der Waals surface area contributed by atoms with Gasteiger partial charge in [-0.05, 0) is 49.7 Å². The van der Waals surface area contributed by atoms with Gasteiger partial charge in [0.05, 0.1) is 22.4 Å². The van der Waals surface area contributed by atoms with Crippen LogP contribution in [0.15, 0.2) is 12.1 Å². The van der Waals surface area contributed by atoms with Gasteiger partial charge < -0.3 is 5.32 Å². The molecule has 2 fully saturated rings. The van der Waals surface area contributed by atoms with Crippen molar-refractivity contribution in [1.29, 1.82) is 0 Å². The summed E-state index contributed by atoms with van der Waals surface area (Å²) in [4.78, 5) is 0. The molecule has 0 aliphatic heterocycles. The second-order valence-corrected chi connectivity index (χ2v) is 7.10. The highest BCUT2D eigenvalue weighted by atomic mass is 35.5. The zero-order valence-electron chi connectivity index (χ0n) is 11.3. The first-order valence-electron chi connectivity index (χ1n) is 7.48. The zero-order chi connectivity index (χ0) is 13.5. The lowest BCUT2D eigenvalue weighted by atomic mass is 9.82. The molecule has 2 atom stereocenters. The lowest BCUT2D eigenvalue weighted by molar-refractivity contribution is 0.303. The minimum atomic E-state index is 0.541. The van der Waals surface area contributed by atoms with Crippen LogP contribution in [-0.2, 0) is 0 Å². The molecule has 0 amide bonds. The third-order valence-corrected chi connectivity index (χ3v) is 5.59. The van der Waals surface area contributed by atoms with Gasteiger partial charge in [-0.25, -0.2) is 0 Å². The Balaban J connectivity index is 1.57. The molecule has 2 aliphatic rings. The van der Waals surface area contributed by atoms with Crippen LogP contribution in [0.2, 0.25) is 5.02 Å². The lowest BCUT2D eigenvalue weighted by Gasteiger charge is -2.30. The second-order valence-electron chi connectivity index (χ2n) is 6.16. The van der Waals surface area contributed by atoms with Gasteiger partial charge in [0, 0.05) is 6.04 Å². The van der Waals surface area contributed by atoms with Crippen LogP contribution in [0.3, 0.4) is 0 Å². The van der Waals surface area contributed by atoms with Crippen LogP contribution in [-0.4, -0.2) is 14.8 Å². The molecule has 20 heavy (non-hydrogen) atoms. The topological polar surface area (TPSA) is 37.8 Å². The van der Waals surface area contributed by atoms with E-state index in [1.165, 1.54) is 50.3 Å². The van der Waals surface area contributed by atoms with Crippen LogP contribution in [0.1, 0.15) is 38.5 Å². The van der Waals surface area contributed by atoms with Crippen LogP contribution in [0.4, 0.5) is 5.69 Å². The molecule has 1 aromatic heterocycles. The second kappa shape index (κ2) is 5.15. The van der Waals surface area contributed by atoms with Crippen molar-refractivity contribution in [3.05, 3.63) is 17.2 Å². The maximum atomic E-state index is 6.36. The molecule has 1 aromatic carbocycles. The maximum Gasteiger partial charge on any atom is 0.129 e. The molecule has 0 saturated heterocycles. The largest absolute Gasteiger partial charge is 0.379 e. The summed E-state index contributed by atoms with van der Waals surface area (Å²) in [5.41, 5.74) is 2.85. The highest BCUT2D eigenvalue weighted by molar-refractivity contribution is 7.00. The average molecular weight is 308 g/mol. The van der Waals surface area contributed by atoms with Gasteiger partial charge in [-0.1, -0.05) is 24.4 Å². The van der Waals surface area contributed by atoms with E-state index >= 15 is 0 Å². The minimum Gasteiger partial charge on any atom is -0.379 e. The number of nitrogens with zero attached hydrogens (tertiary/aromatic N) is 2. The first kappa shape index (κ1) is 12.8. The highest BCUT2D eigenvalue weighted by Gasteiger charge is 2.34. The predicted octanol–water partition coefficient (Wildman–Crippen LogP) is 4.73. The molecular formula is C15H18ClN3S. The number of benzene rings is 1. The summed E-state index contributed by atoms with van der Waals surface area (Å²) >= 11 is 7.62. The van der Waals surface area contributed by atoms with E-state index in [0.29, 0.717) is 6.04 Å². The Morgan fingerprint density at radius 1 is 1.10 bits per heavy atom. The molecule has 2 aromatic rings. The molecule has 5 heteroatoms. The van der Waals surface area contributed by atoms with Gasteiger partial charge in [0.1, 0.15) is 11.0 Å². The van der Waals surface area contributed by atoms with Crippen molar-refractivity contribution < 1.29 is 0 Å². The summed E-state index contributed by atoms with van der Waals surface area (Å²) in [5, 5.41) is 4.43. The number of hydrogen-bond acceptors (Lipinski definition) is 4. The van der Waals surface area contributed by atoms with Crippen LogP contribution in [0.5, 0.6) is 0 Å². The van der Waals surface area contributed by atoms with E-state index in [2.05, 4.69) is 14.1 Å². The quantitative estimate of drug-likeness (QED) is 0.891. The van der Waals surface area contributed by atoms with Gasteiger partial charge >= 0.3 is 0 Å². The van der Waals surface area contributed by atoms with E-state index in [1.54, 1.807) is 0 Å². The number of rotatable bonds is 3. The van der Waals surface area contributed by atoms with E-state index in [9.17, 15) is 0 Å². The fraction of sp³-hybridized carbons (Fsp3) is 0.600. The van der Waals surface area contributed by atoms with E-state index in [1.807, 2.05) is 12.1 Å². The van der Waals surface area contributed by atoms with Gasteiger partial charge in [0.2, 0.25) is 0 Å². The number of fused-ring (bicyclic) bond motifs is 1. The molecule has 0 bridgehead atoms. The number of nitrogens with one attached hydrogen (secondary N) is 1. The van der Waals surface area contributed by atoms with Crippen LogP contribution >= 0.6 is 23.3 Å². The van der Waals surface area contributed by atoms with Crippen molar-refractivity contribution in [3.8, 4) is 0 Å². The Kier molecular flexibility index (Phi) is 3.31. The first-order valence-corrected chi connectivity index (χ1v) is 8.59. The van der Waals surface area contributed by atoms with Crippen molar-refractivity contribution in [2.45, 2.75) is 44.6 Å². The Morgan fingerprint density at radius 2 is 2.00 bits per heavy atom. The van der Waals surface area contributed by atoms with Gasteiger partial charge in [-0.15, -0.1) is 0 Å². The monoisotopic (exact) mass is 307 g/mol. The molecule has 2 unspecified atom stereocenters. The van der Waals surface area contributed by atoms with Gasteiger partial charge in [0.15, 0.2) is 0 Å². The summed E-state index contributed by atoms with van der Waals surface area (Å²) in [6, 6.07) is 4.41. The number of aromatic nitrogens is 2. The van der Waals surface area contributed by atoms with Crippen LogP contribution < -0.4 is 5.32 Å². The number of hydrogen-bond donors (Lipinski definition) is 1. The Labute approximate surface area is 128 Å². The fourth-order valence-electron chi connectivity index (χ4n) is 3.52. The maximum absolute atomic E-state index is 6.36. The van der Waals surface area contributed by atoms with E-state index in [-0.39, 0.29) is 0 Å². The van der Waals surface area contributed by atoms with Crippen molar-refractivity contribution in [3.63, 3.8) is 0 Å². The summed E-state index contributed by atoms with van der Waals surface area (Å²) in [5.74, 6) is 1.93. The Hall–Kier alpha value is -0.870. The Morgan fingerprint density at radius 3 is 2.85 bits per heavy atom. The first-order chi connectivity index (χ1) is 9.81. The lowest BCUT2D eigenvalue weighted by Crippen LogP contribution is -2.28. The summed E-state index contributed by atoms with van der Waals surface area (Å²) in [7, 11) is 0. The predicted molar refractivity (Wildman–Crippen MR) is 84.5 cm³/mol. The summed E-state index contributed by atoms with van der Waals surface area (Å²) in [6.07, 6.45) is 8.18. The minimum absolute atomic E-state index is 0.541. The number of anilines is 1. The summed E-state index contributed by atoms with van der Waals surface area (Å²) in [6.45, 7) is 0. The van der Waals surface area contributed by atoms with Gasteiger partial charge in [0.25, 0.3) is 0 Å². The zero-order valence-corrected chi connectivity index (χ0v) is 12.9. The van der Waals surface area contributed by atoms with E-state index in [4.69, 9.17) is 11.6 Å². The molecule has 4 rings (SSSR count). The third-order valence-electron chi connectivity index (χ3n) is 4.73. The molecule has 2 aliphatic carbocycles. The SMILES string of the molecule is Clc1ccc2nsnc2c1NC1CCCC(C2CC2)C1. The fourth-order valence-corrected chi connectivity index (χ4v) is 4.27. The standard InChI is InChI=1S/C15H18ClN3S/c16-12-6-7-13-15(19-20-18-13)14(12)17-11-3-1-2-10(8-11)9-4-5-9/h6-7,9-11,17H,1-5,8H2. The molecule has 1 heterocycles. The molecule has 3 nitrogen and oxygen atoms in total. The van der Waals surface area contributed by atoms with Gasteiger partial charge in [-0.2, -0.15) is 8.75 Å². The van der Waals surface area contributed by atoms with Crippen molar-refractivity contribution in [1.82, 2.24) is 8.75 Å². The van der Waals surface area contributed by atoms with Crippen molar-refractivity contribution in [2.75, 3.05) is 5.32 Å². The average Bonchev–Trinajstić information content (AvgIpc) is 3.21. The van der Waals surface area contributed by atoms with E-state index in [0.717, 1.165) is 33.6 Å². The molecule has 106 valence electrons.